The Kier molecular flexibility index (Phi) is 5.61. The molecule has 0 bridgehead atoms. The van der Waals surface area contributed by atoms with Gasteiger partial charge in [0.25, 0.3) is 0 Å². The highest BCUT2D eigenvalue weighted by atomic mass is 16.6. The van der Waals surface area contributed by atoms with E-state index in [0.717, 1.165) is 29.0 Å². The van der Waals surface area contributed by atoms with Gasteiger partial charge in [0.2, 0.25) is 5.88 Å². The molecular weight excluding hydrogens is 372 g/mol. The fourth-order valence-electron chi connectivity index (χ4n) is 3.46. The van der Waals surface area contributed by atoms with Gasteiger partial charge in [0, 0.05) is 18.2 Å². The van der Waals surface area contributed by atoms with Crippen LogP contribution in [0.5, 0.6) is 11.6 Å². The van der Waals surface area contributed by atoms with Gasteiger partial charge in [-0.05, 0) is 35.6 Å². The van der Waals surface area contributed by atoms with Crippen LogP contribution < -0.4 is 15.2 Å². The minimum Gasteiger partial charge on any atom is -0.493 e. The lowest BCUT2D eigenvalue weighted by atomic mass is 9.97. The third-order valence-corrected chi connectivity index (χ3v) is 4.92. The summed E-state index contributed by atoms with van der Waals surface area (Å²) in [5.41, 5.74) is 2.81. The largest absolute Gasteiger partial charge is 0.493 e. The number of hydrogen-bond donors (Lipinski definition) is 0. The number of nitrogens with zero attached hydrogens (tertiary/aromatic N) is 2. The Morgan fingerprint density at radius 2 is 2.07 bits per heavy atom. The fraction of sp³-hybridized carbons (Fsp3) is 0.545. The van der Waals surface area contributed by atoms with E-state index >= 15 is 0 Å². The van der Waals surface area contributed by atoms with Crippen LogP contribution in [0.15, 0.2) is 29.1 Å². The Hall–Kier alpha value is -2.38. The molecule has 0 saturated carbocycles. The Labute approximate surface area is 170 Å². The van der Waals surface area contributed by atoms with E-state index in [-0.39, 0.29) is 17.2 Å². The molecule has 2 aliphatic heterocycles. The van der Waals surface area contributed by atoms with Crippen molar-refractivity contribution in [2.75, 3.05) is 33.0 Å². The molecule has 0 amide bonds. The SMILES string of the molecule is CC(C)(C)COc1ccc2c(c1)CCn1c-2cc(OC[C@@H]2COCCO2)nc1=O. The summed E-state index contributed by atoms with van der Waals surface area (Å²) in [5.74, 6) is 1.17. The molecule has 0 unspecified atom stereocenters. The van der Waals surface area contributed by atoms with Crippen LogP contribution in [0.1, 0.15) is 26.3 Å². The van der Waals surface area contributed by atoms with Crippen molar-refractivity contribution < 1.29 is 18.9 Å². The smallest absolute Gasteiger partial charge is 0.351 e. The second-order valence-corrected chi connectivity index (χ2v) is 8.71. The predicted molar refractivity (Wildman–Crippen MR) is 109 cm³/mol. The van der Waals surface area contributed by atoms with Gasteiger partial charge in [-0.15, -0.1) is 0 Å². The average molecular weight is 400 g/mol. The first-order valence-electron chi connectivity index (χ1n) is 10.1. The molecular formula is C22H28N2O5. The van der Waals surface area contributed by atoms with Gasteiger partial charge in [0.15, 0.2) is 0 Å². The van der Waals surface area contributed by atoms with E-state index < -0.39 is 0 Å². The molecule has 156 valence electrons. The van der Waals surface area contributed by atoms with Gasteiger partial charge in [0.1, 0.15) is 18.5 Å². The van der Waals surface area contributed by atoms with Crippen molar-refractivity contribution in [1.29, 1.82) is 0 Å². The monoisotopic (exact) mass is 400 g/mol. The molecule has 2 aromatic rings. The summed E-state index contributed by atoms with van der Waals surface area (Å²) in [7, 11) is 0. The third-order valence-electron chi connectivity index (χ3n) is 4.92. The minimum absolute atomic E-state index is 0.0980. The van der Waals surface area contributed by atoms with Crippen LogP contribution in [0, 0.1) is 5.41 Å². The van der Waals surface area contributed by atoms with E-state index in [4.69, 9.17) is 18.9 Å². The Morgan fingerprint density at radius 1 is 1.21 bits per heavy atom. The highest BCUT2D eigenvalue weighted by molar-refractivity contribution is 5.67. The number of ether oxygens (including phenoxy) is 4. The Balaban J connectivity index is 1.55. The van der Waals surface area contributed by atoms with Gasteiger partial charge >= 0.3 is 5.69 Å². The van der Waals surface area contributed by atoms with E-state index in [1.54, 1.807) is 4.57 Å². The Morgan fingerprint density at radius 3 is 2.83 bits per heavy atom. The van der Waals surface area contributed by atoms with Crippen molar-refractivity contribution in [3.05, 3.63) is 40.3 Å². The van der Waals surface area contributed by atoms with E-state index in [9.17, 15) is 4.79 Å². The number of aryl methyl sites for hydroxylation is 1. The Bertz CT molecular complexity index is 926. The van der Waals surface area contributed by atoms with Crippen LogP contribution >= 0.6 is 0 Å². The zero-order valence-electron chi connectivity index (χ0n) is 17.3. The molecule has 7 nitrogen and oxygen atoms in total. The van der Waals surface area contributed by atoms with Gasteiger partial charge in [-0.1, -0.05) is 20.8 Å². The van der Waals surface area contributed by atoms with Gasteiger partial charge < -0.3 is 18.9 Å². The van der Waals surface area contributed by atoms with Crippen LogP contribution in [0.4, 0.5) is 0 Å². The van der Waals surface area contributed by atoms with Crippen LogP contribution in [-0.2, 0) is 22.4 Å². The summed E-state index contributed by atoms with van der Waals surface area (Å²) in [6, 6.07) is 7.88. The molecule has 7 heteroatoms. The molecule has 0 N–H and O–H groups in total. The van der Waals surface area contributed by atoms with Gasteiger partial charge in [-0.2, -0.15) is 4.98 Å². The van der Waals surface area contributed by atoms with Gasteiger partial charge in [-0.25, -0.2) is 4.79 Å². The fourth-order valence-corrected chi connectivity index (χ4v) is 3.46. The first-order chi connectivity index (χ1) is 13.9. The average Bonchev–Trinajstić information content (AvgIpc) is 2.70. The second kappa shape index (κ2) is 8.16. The van der Waals surface area contributed by atoms with Gasteiger partial charge in [0.05, 0.1) is 32.1 Å². The quantitative estimate of drug-likeness (QED) is 0.769. The van der Waals surface area contributed by atoms with Crippen molar-refractivity contribution in [2.24, 2.45) is 5.41 Å². The normalized spacial score (nSPS) is 18.7. The summed E-state index contributed by atoms with van der Waals surface area (Å²) in [4.78, 5) is 16.6. The van der Waals surface area contributed by atoms with Crippen molar-refractivity contribution in [3.8, 4) is 22.9 Å². The molecule has 29 heavy (non-hydrogen) atoms. The number of fused-ring (bicyclic) bond motifs is 3. The zero-order chi connectivity index (χ0) is 20.4. The molecule has 0 radical (unpaired) electrons. The number of rotatable bonds is 5. The molecule has 1 aromatic carbocycles. The van der Waals surface area contributed by atoms with Crippen molar-refractivity contribution in [2.45, 2.75) is 39.8 Å². The lowest BCUT2D eigenvalue weighted by molar-refractivity contribution is -0.102. The van der Waals surface area contributed by atoms with Crippen LogP contribution in [0.3, 0.4) is 0 Å². The first-order valence-corrected chi connectivity index (χ1v) is 10.1. The maximum Gasteiger partial charge on any atom is 0.351 e. The molecule has 1 aromatic heterocycles. The molecule has 2 aliphatic rings. The lowest BCUT2D eigenvalue weighted by Crippen LogP contribution is -2.34. The van der Waals surface area contributed by atoms with Gasteiger partial charge in [-0.3, -0.25) is 4.57 Å². The first kappa shape index (κ1) is 19.9. The minimum atomic E-state index is -0.294. The van der Waals surface area contributed by atoms with E-state index in [1.165, 1.54) is 0 Å². The maximum absolute atomic E-state index is 12.5. The maximum atomic E-state index is 12.5. The molecule has 3 heterocycles. The van der Waals surface area contributed by atoms with Crippen LogP contribution in [-0.4, -0.2) is 48.7 Å². The van der Waals surface area contributed by atoms with Crippen molar-refractivity contribution in [3.63, 3.8) is 0 Å². The third kappa shape index (κ3) is 4.79. The molecule has 0 aliphatic carbocycles. The summed E-state index contributed by atoms with van der Waals surface area (Å²) < 4.78 is 24.4. The van der Waals surface area contributed by atoms with Crippen LogP contribution in [0.2, 0.25) is 0 Å². The second-order valence-electron chi connectivity index (χ2n) is 8.71. The summed E-state index contributed by atoms with van der Waals surface area (Å²) >= 11 is 0. The molecule has 1 atom stereocenters. The molecule has 1 fully saturated rings. The van der Waals surface area contributed by atoms with E-state index in [0.29, 0.717) is 45.5 Å². The highest BCUT2D eigenvalue weighted by Crippen LogP contribution is 2.32. The standard InChI is InChI=1S/C22H28N2O5/c1-22(2,3)14-29-16-4-5-18-15(10-16)6-7-24-19(18)11-20(23-21(24)25)28-13-17-12-26-8-9-27-17/h4-5,10-11,17H,6-9,12-14H2,1-3H3/t17-/m0/s1. The van der Waals surface area contributed by atoms with Crippen molar-refractivity contribution >= 4 is 0 Å². The number of benzene rings is 1. The van der Waals surface area contributed by atoms with E-state index in [1.807, 2.05) is 18.2 Å². The summed E-state index contributed by atoms with van der Waals surface area (Å²) in [6.07, 6.45) is 0.628. The number of aromatic nitrogens is 2. The van der Waals surface area contributed by atoms with Crippen molar-refractivity contribution in [1.82, 2.24) is 9.55 Å². The highest BCUT2D eigenvalue weighted by Gasteiger charge is 2.21. The lowest BCUT2D eigenvalue weighted by Gasteiger charge is -2.25. The molecule has 1 saturated heterocycles. The number of hydrogen-bond acceptors (Lipinski definition) is 6. The predicted octanol–water partition coefficient (Wildman–Crippen LogP) is 2.69. The van der Waals surface area contributed by atoms with E-state index in [2.05, 4.69) is 31.8 Å². The van der Waals surface area contributed by atoms with Crippen LogP contribution in [0.25, 0.3) is 11.3 Å². The molecule has 4 rings (SSSR count). The summed E-state index contributed by atoms with van der Waals surface area (Å²) in [5, 5.41) is 0. The topological polar surface area (TPSA) is 71.8 Å². The molecule has 0 spiro atoms. The zero-order valence-corrected chi connectivity index (χ0v) is 17.3. The summed E-state index contributed by atoms with van der Waals surface area (Å²) in [6.45, 7) is 9.64.